The van der Waals surface area contributed by atoms with Crippen LogP contribution in [0, 0.1) is 0 Å². The van der Waals surface area contributed by atoms with Gasteiger partial charge in [-0.15, -0.1) is 0 Å². The Labute approximate surface area is 75.5 Å². The minimum absolute atomic E-state index is 0.157. The lowest BCUT2D eigenvalue weighted by Crippen LogP contribution is -2.47. The molecule has 0 saturated carbocycles. The Morgan fingerprint density at radius 3 is 2.46 bits per heavy atom. The minimum Gasteiger partial charge on any atom is -0.479 e. The van der Waals surface area contributed by atoms with E-state index in [1.54, 1.807) is 0 Å². The van der Waals surface area contributed by atoms with Gasteiger partial charge in [-0.1, -0.05) is 0 Å². The highest BCUT2D eigenvalue weighted by Gasteiger charge is 2.30. The molecule has 1 unspecified atom stereocenters. The molecule has 76 valence electrons. The van der Waals surface area contributed by atoms with Gasteiger partial charge in [0.05, 0.1) is 6.54 Å². The van der Waals surface area contributed by atoms with Gasteiger partial charge in [-0.2, -0.15) is 0 Å². The second-order valence-electron chi connectivity index (χ2n) is 2.79. The standard InChI is InChI=1S/C7H13NO5/c1-7(12,6(10)11)4-8-5(9)3-13-2/h12H,3-4H2,1-2H3,(H,8,9)(H,10,11). The van der Waals surface area contributed by atoms with Crippen LogP contribution in [0.15, 0.2) is 0 Å². The molecule has 1 atom stereocenters. The van der Waals surface area contributed by atoms with Crippen LogP contribution in [-0.4, -0.2) is 48.0 Å². The van der Waals surface area contributed by atoms with Crippen molar-refractivity contribution in [2.45, 2.75) is 12.5 Å². The molecule has 0 fully saturated rings. The summed E-state index contributed by atoms with van der Waals surface area (Å²) < 4.78 is 4.49. The van der Waals surface area contributed by atoms with E-state index in [1.165, 1.54) is 7.11 Å². The topological polar surface area (TPSA) is 95.9 Å². The average Bonchev–Trinajstić information content (AvgIpc) is 2.01. The molecule has 0 aromatic heterocycles. The van der Waals surface area contributed by atoms with E-state index in [1.807, 2.05) is 0 Å². The molecule has 0 aliphatic carbocycles. The van der Waals surface area contributed by atoms with Crippen LogP contribution < -0.4 is 5.32 Å². The first kappa shape index (κ1) is 11.9. The number of carboxylic acid groups (broad SMARTS) is 1. The Kier molecular flexibility index (Phi) is 4.36. The summed E-state index contributed by atoms with van der Waals surface area (Å²) in [5, 5.41) is 19.8. The van der Waals surface area contributed by atoms with Crippen molar-refractivity contribution < 1.29 is 24.5 Å². The van der Waals surface area contributed by atoms with Crippen LogP contribution in [0.1, 0.15) is 6.92 Å². The summed E-state index contributed by atoms with van der Waals surface area (Å²) in [6.45, 7) is 0.600. The van der Waals surface area contributed by atoms with Gasteiger partial charge < -0.3 is 20.3 Å². The largest absolute Gasteiger partial charge is 0.479 e. The van der Waals surface area contributed by atoms with Crippen LogP contribution in [0.2, 0.25) is 0 Å². The van der Waals surface area contributed by atoms with Crippen LogP contribution in [0.4, 0.5) is 0 Å². The van der Waals surface area contributed by atoms with Crippen molar-refractivity contribution >= 4 is 11.9 Å². The highest BCUT2D eigenvalue weighted by molar-refractivity contribution is 5.80. The van der Waals surface area contributed by atoms with Gasteiger partial charge in [0, 0.05) is 7.11 Å². The second-order valence-corrected chi connectivity index (χ2v) is 2.79. The zero-order chi connectivity index (χ0) is 10.5. The van der Waals surface area contributed by atoms with Crippen molar-refractivity contribution in [2.24, 2.45) is 0 Å². The summed E-state index contributed by atoms with van der Waals surface area (Å²) in [5.74, 6) is -1.85. The van der Waals surface area contributed by atoms with Gasteiger partial charge >= 0.3 is 5.97 Å². The first-order valence-corrected chi connectivity index (χ1v) is 3.61. The molecule has 0 aromatic rings. The summed E-state index contributed by atoms with van der Waals surface area (Å²) in [6.07, 6.45) is 0. The number of nitrogens with one attached hydrogen (secondary N) is 1. The molecule has 0 heterocycles. The van der Waals surface area contributed by atoms with Crippen molar-refractivity contribution in [3.05, 3.63) is 0 Å². The number of aliphatic hydroxyl groups is 1. The summed E-state index contributed by atoms with van der Waals surface area (Å²) in [6, 6.07) is 0. The van der Waals surface area contributed by atoms with Gasteiger partial charge in [0.2, 0.25) is 5.91 Å². The quantitative estimate of drug-likeness (QED) is 0.496. The lowest BCUT2D eigenvalue weighted by Gasteiger charge is -2.17. The maximum atomic E-state index is 10.8. The van der Waals surface area contributed by atoms with Gasteiger partial charge in [-0.3, -0.25) is 4.79 Å². The fourth-order valence-electron chi connectivity index (χ4n) is 0.528. The first-order valence-electron chi connectivity index (χ1n) is 3.61. The molecule has 6 heteroatoms. The van der Waals surface area contributed by atoms with Crippen molar-refractivity contribution in [3.8, 4) is 0 Å². The lowest BCUT2D eigenvalue weighted by atomic mass is 10.1. The summed E-state index contributed by atoms with van der Waals surface area (Å²) >= 11 is 0. The first-order chi connectivity index (χ1) is 5.90. The second kappa shape index (κ2) is 4.78. The lowest BCUT2D eigenvalue weighted by molar-refractivity contribution is -0.156. The highest BCUT2D eigenvalue weighted by atomic mass is 16.5. The third-order valence-electron chi connectivity index (χ3n) is 1.37. The molecule has 0 saturated heterocycles. The zero-order valence-corrected chi connectivity index (χ0v) is 7.53. The fraction of sp³-hybridized carbons (Fsp3) is 0.714. The minimum atomic E-state index is -1.94. The monoisotopic (exact) mass is 191 g/mol. The molecule has 0 bridgehead atoms. The van der Waals surface area contributed by atoms with Crippen LogP contribution >= 0.6 is 0 Å². The van der Waals surface area contributed by atoms with E-state index < -0.39 is 17.5 Å². The zero-order valence-electron chi connectivity index (χ0n) is 7.53. The van der Waals surface area contributed by atoms with E-state index in [2.05, 4.69) is 10.1 Å². The van der Waals surface area contributed by atoms with E-state index in [-0.39, 0.29) is 13.2 Å². The number of carboxylic acids is 1. The Hall–Kier alpha value is -1.14. The molecular formula is C7H13NO5. The average molecular weight is 191 g/mol. The van der Waals surface area contributed by atoms with Crippen molar-refractivity contribution in [3.63, 3.8) is 0 Å². The Morgan fingerprint density at radius 2 is 2.08 bits per heavy atom. The number of amides is 1. The maximum Gasteiger partial charge on any atom is 0.337 e. The van der Waals surface area contributed by atoms with E-state index in [4.69, 9.17) is 10.2 Å². The summed E-state index contributed by atoms with van der Waals surface area (Å²) in [5.41, 5.74) is -1.94. The van der Waals surface area contributed by atoms with Crippen LogP contribution in [0.5, 0.6) is 0 Å². The van der Waals surface area contributed by atoms with Crippen molar-refractivity contribution in [1.29, 1.82) is 0 Å². The Bertz CT molecular complexity index is 201. The molecule has 3 N–H and O–H groups in total. The number of hydrogen-bond donors (Lipinski definition) is 3. The molecule has 0 aromatic carbocycles. The number of rotatable bonds is 5. The molecule has 0 spiro atoms. The van der Waals surface area contributed by atoms with Crippen LogP contribution in [0.3, 0.4) is 0 Å². The normalized spacial score (nSPS) is 14.7. The number of aliphatic carboxylic acids is 1. The van der Waals surface area contributed by atoms with E-state index in [9.17, 15) is 9.59 Å². The van der Waals surface area contributed by atoms with Gasteiger partial charge in [0.15, 0.2) is 5.60 Å². The number of methoxy groups -OCH3 is 1. The van der Waals surface area contributed by atoms with Crippen molar-refractivity contribution in [2.75, 3.05) is 20.3 Å². The molecule has 0 aliphatic heterocycles. The molecule has 1 amide bonds. The van der Waals surface area contributed by atoms with E-state index in [0.717, 1.165) is 6.92 Å². The fourth-order valence-corrected chi connectivity index (χ4v) is 0.528. The van der Waals surface area contributed by atoms with E-state index >= 15 is 0 Å². The number of carbonyl (C=O) groups excluding carboxylic acids is 1. The smallest absolute Gasteiger partial charge is 0.337 e. The van der Waals surface area contributed by atoms with Crippen LogP contribution in [0.25, 0.3) is 0 Å². The van der Waals surface area contributed by atoms with Gasteiger partial charge in [0.25, 0.3) is 0 Å². The van der Waals surface area contributed by atoms with Gasteiger partial charge in [-0.05, 0) is 6.92 Å². The molecule has 0 aliphatic rings. The molecular weight excluding hydrogens is 178 g/mol. The highest BCUT2D eigenvalue weighted by Crippen LogP contribution is 2.00. The Morgan fingerprint density at radius 1 is 1.54 bits per heavy atom. The Balaban J connectivity index is 3.88. The third-order valence-corrected chi connectivity index (χ3v) is 1.37. The maximum absolute atomic E-state index is 10.8. The molecule has 0 rings (SSSR count). The SMILES string of the molecule is COCC(=O)NCC(C)(O)C(=O)O. The predicted octanol–water partition coefficient (Wildman–Crippen LogP) is -1.42. The predicted molar refractivity (Wildman–Crippen MR) is 43.1 cm³/mol. The number of ether oxygens (including phenoxy) is 1. The number of hydrogen-bond acceptors (Lipinski definition) is 4. The van der Waals surface area contributed by atoms with Gasteiger partial charge in [-0.25, -0.2) is 4.79 Å². The molecule has 6 nitrogen and oxygen atoms in total. The summed E-state index contributed by atoms with van der Waals surface area (Å²) in [7, 11) is 1.34. The molecule has 0 radical (unpaired) electrons. The third kappa shape index (κ3) is 4.44. The summed E-state index contributed by atoms with van der Waals surface area (Å²) in [4.78, 5) is 21.1. The van der Waals surface area contributed by atoms with E-state index in [0.29, 0.717) is 0 Å². The van der Waals surface area contributed by atoms with Crippen LogP contribution in [-0.2, 0) is 14.3 Å². The number of carbonyl (C=O) groups is 2. The van der Waals surface area contributed by atoms with Crippen molar-refractivity contribution in [1.82, 2.24) is 5.32 Å². The van der Waals surface area contributed by atoms with Gasteiger partial charge in [0.1, 0.15) is 6.61 Å². The molecule has 13 heavy (non-hydrogen) atoms.